The molecule has 212 valence electrons. The van der Waals surface area contributed by atoms with Crippen LogP contribution in [-0.2, 0) is 13.0 Å². The highest BCUT2D eigenvalue weighted by Gasteiger charge is 2.29. The number of nitrogens with zero attached hydrogens (tertiary/aromatic N) is 1. The molecule has 3 aromatic carbocycles. The SMILES string of the molecule is COc1ccc(-c2c(C(=O)O)n(CCc3ccc(O)c(O)c3)c3c(=O)oc4cc(OC)c(OC)cc4c23)cc1OC. The lowest BCUT2D eigenvalue weighted by Crippen LogP contribution is -2.14. The van der Waals surface area contributed by atoms with Crippen molar-refractivity contribution < 1.29 is 43.5 Å². The zero-order valence-electron chi connectivity index (χ0n) is 22.7. The van der Waals surface area contributed by atoms with Crippen LogP contribution in [-0.4, -0.2) is 54.3 Å². The second-order valence-electron chi connectivity index (χ2n) is 9.14. The molecule has 0 unspecified atom stereocenters. The first kappa shape index (κ1) is 27.3. The third-order valence-corrected chi connectivity index (χ3v) is 6.95. The number of rotatable bonds is 9. The largest absolute Gasteiger partial charge is 0.504 e. The van der Waals surface area contributed by atoms with Crippen molar-refractivity contribution in [2.24, 2.45) is 0 Å². The number of aryl methyl sites for hydroxylation is 2. The Morgan fingerprint density at radius 2 is 1.49 bits per heavy atom. The number of carbonyl (C=O) groups is 1. The number of hydrogen-bond donors (Lipinski definition) is 3. The van der Waals surface area contributed by atoms with Crippen molar-refractivity contribution >= 4 is 27.8 Å². The lowest BCUT2D eigenvalue weighted by atomic mass is 9.99. The Morgan fingerprint density at radius 1 is 0.829 bits per heavy atom. The van der Waals surface area contributed by atoms with E-state index >= 15 is 0 Å². The van der Waals surface area contributed by atoms with Crippen molar-refractivity contribution in [1.82, 2.24) is 4.57 Å². The fourth-order valence-corrected chi connectivity index (χ4v) is 5.07. The average molecular weight is 562 g/mol. The van der Waals surface area contributed by atoms with Gasteiger partial charge in [-0.1, -0.05) is 12.1 Å². The van der Waals surface area contributed by atoms with Gasteiger partial charge in [-0.3, -0.25) is 0 Å². The van der Waals surface area contributed by atoms with Crippen LogP contribution in [0, 0.1) is 0 Å². The number of methoxy groups -OCH3 is 4. The molecule has 0 aliphatic rings. The van der Waals surface area contributed by atoms with E-state index in [-0.39, 0.29) is 46.8 Å². The van der Waals surface area contributed by atoms with Crippen LogP contribution in [0.1, 0.15) is 16.1 Å². The minimum atomic E-state index is -1.27. The molecule has 5 rings (SSSR count). The molecule has 0 saturated heterocycles. The highest BCUT2D eigenvalue weighted by Crippen LogP contribution is 2.43. The monoisotopic (exact) mass is 561 g/mol. The Labute approximate surface area is 233 Å². The van der Waals surface area contributed by atoms with Crippen molar-refractivity contribution in [3.8, 4) is 45.6 Å². The predicted octanol–water partition coefficient (Wildman–Crippen LogP) is 4.80. The fraction of sp³-hybridized carbons (Fsp3) is 0.200. The summed E-state index contributed by atoms with van der Waals surface area (Å²) in [6, 6.07) is 12.5. The summed E-state index contributed by atoms with van der Waals surface area (Å²) in [6.07, 6.45) is 0.229. The van der Waals surface area contributed by atoms with E-state index in [1.165, 1.54) is 51.2 Å². The van der Waals surface area contributed by atoms with Gasteiger partial charge in [0.05, 0.1) is 28.4 Å². The molecular formula is C30H27NO10. The molecule has 0 amide bonds. The Bertz CT molecular complexity index is 1870. The van der Waals surface area contributed by atoms with E-state index in [4.69, 9.17) is 23.4 Å². The number of benzene rings is 3. The van der Waals surface area contributed by atoms with Crippen molar-refractivity contribution in [3.05, 3.63) is 70.2 Å². The normalized spacial score (nSPS) is 11.1. The van der Waals surface area contributed by atoms with Crippen LogP contribution in [0.4, 0.5) is 0 Å². The molecule has 3 N–H and O–H groups in total. The first-order chi connectivity index (χ1) is 19.7. The number of phenolic OH excluding ortho intramolecular Hbond substituents is 2. The molecule has 11 heteroatoms. The van der Waals surface area contributed by atoms with Gasteiger partial charge in [-0.05, 0) is 47.9 Å². The van der Waals surface area contributed by atoms with Crippen LogP contribution < -0.4 is 24.6 Å². The van der Waals surface area contributed by atoms with Crippen LogP contribution in [0.2, 0.25) is 0 Å². The van der Waals surface area contributed by atoms with Gasteiger partial charge in [0, 0.05) is 28.9 Å². The number of aromatic hydroxyl groups is 2. The van der Waals surface area contributed by atoms with Crippen molar-refractivity contribution in [2.75, 3.05) is 28.4 Å². The number of aromatic nitrogens is 1. The summed E-state index contributed by atoms with van der Waals surface area (Å²) in [6.45, 7) is 0.0409. The molecule has 0 spiro atoms. The summed E-state index contributed by atoms with van der Waals surface area (Å²) in [4.78, 5) is 26.5. The summed E-state index contributed by atoms with van der Waals surface area (Å²) in [5, 5.41) is 31.0. The van der Waals surface area contributed by atoms with Gasteiger partial charge < -0.3 is 43.3 Å². The molecular weight excluding hydrogens is 534 g/mol. The Hall–Kier alpha value is -5.32. The van der Waals surface area contributed by atoms with Crippen molar-refractivity contribution in [3.63, 3.8) is 0 Å². The van der Waals surface area contributed by atoms with E-state index < -0.39 is 11.6 Å². The second-order valence-corrected chi connectivity index (χ2v) is 9.14. The summed E-state index contributed by atoms with van der Waals surface area (Å²) in [5.41, 5.74) is 0.671. The third kappa shape index (κ3) is 4.61. The maximum atomic E-state index is 13.6. The Kier molecular flexibility index (Phi) is 7.10. The molecule has 0 saturated carbocycles. The van der Waals surface area contributed by atoms with E-state index in [1.54, 1.807) is 30.3 Å². The fourth-order valence-electron chi connectivity index (χ4n) is 5.07. The zero-order valence-corrected chi connectivity index (χ0v) is 22.7. The van der Waals surface area contributed by atoms with Gasteiger partial charge in [-0.25, -0.2) is 9.59 Å². The molecule has 5 aromatic rings. The minimum Gasteiger partial charge on any atom is -0.504 e. The summed E-state index contributed by atoms with van der Waals surface area (Å²) >= 11 is 0. The van der Waals surface area contributed by atoms with E-state index in [0.29, 0.717) is 44.9 Å². The van der Waals surface area contributed by atoms with Gasteiger partial charge in [-0.2, -0.15) is 0 Å². The molecule has 2 heterocycles. The topological polar surface area (TPSA) is 150 Å². The van der Waals surface area contributed by atoms with Crippen LogP contribution in [0.5, 0.6) is 34.5 Å². The van der Waals surface area contributed by atoms with E-state index in [0.717, 1.165) is 0 Å². The van der Waals surface area contributed by atoms with E-state index in [1.807, 2.05) is 0 Å². The molecule has 0 fully saturated rings. The van der Waals surface area contributed by atoms with Gasteiger partial charge in [0.2, 0.25) is 0 Å². The van der Waals surface area contributed by atoms with Gasteiger partial charge in [-0.15, -0.1) is 0 Å². The molecule has 41 heavy (non-hydrogen) atoms. The van der Waals surface area contributed by atoms with Crippen LogP contribution in [0.25, 0.3) is 33.0 Å². The summed E-state index contributed by atoms with van der Waals surface area (Å²) in [5.74, 6) is -0.354. The van der Waals surface area contributed by atoms with Crippen molar-refractivity contribution in [1.29, 1.82) is 0 Å². The number of hydrogen-bond acceptors (Lipinski definition) is 9. The maximum Gasteiger partial charge on any atom is 0.361 e. The number of ether oxygens (including phenoxy) is 4. The minimum absolute atomic E-state index is 0.0369. The molecule has 0 atom stereocenters. The standard InChI is InChI=1S/C30H27NO10/c1-37-20-8-6-16(12-22(20)38-2)25-26-17-13-23(39-3)24(40-4)14-21(17)41-30(36)28(26)31(27(25)29(34)35)10-9-15-5-7-18(32)19(33)11-15/h5-8,11-14,32-33H,9-10H2,1-4H3,(H,34,35). The van der Waals surface area contributed by atoms with Crippen LogP contribution >= 0.6 is 0 Å². The quantitative estimate of drug-likeness (QED) is 0.169. The Morgan fingerprint density at radius 3 is 2.12 bits per heavy atom. The number of carboxylic acids is 1. The number of aromatic carboxylic acids is 1. The van der Waals surface area contributed by atoms with E-state index in [9.17, 15) is 24.9 Å². The molecule has 0 aliphatic heterocycles. The van der Waals surface area contributed by atoms with Gasteiger partial charge in [0.15, 0.2) is 34.5 Å². The first-order valence-electron chi connectivity index (χ1n) is 12.4. The summed E-state index contributed by atoms with van der Waals surface area (Å²) < 4.78 is 28.8. The van der Waals surface area contributed by atoms with Gasteiger partial charge >= 0.3 is 11.6 Å². The Balaban J connectivity index is 1.89. The van der Waals surface area contributed by atoms with Crippen LogP contribution in [0.15, 0.2) is 57.7 Å². The predicted molar refractivity (Wildman–Crippen MR) is 150 cm³/mol. The smallest absolute Gasteiger partial charge is 0.361 e. The van der Waals surface area contributed by atoms with Gasteiger partial charge in [0.1, 0.15) is 16.8 Å². The lowest BCUT2D eigenvalue weighted by Gasteiger charge is -2.12. The molecule has 11 nitrogen and oxygen atoms in total. The average Bonchev–Trinajstić information content (AvgIpc) is 3.33. The van der Waals surface area contributed by atoms with Crippen LogP contribution in [0.3, 0.4) is 0 Å². The molecule has 2 aromatic heterocycles. The number of phenols is 2. The first-order valence-corrected chi connectivity index (χ1v) is 12.4. The van der Waals surface area contributed by atoms with E-state index in [2.05, 4.69) is 0 Å². The molecule has 0 radical (unpaired) electrons. The lowest BCUT2D eigenvalue weighted by molar-refractivity contribution is 0.0686. The summed E-state index contributed by atoms with van der Waals surface area (Å²) in [7, 11) is 5.88. The number of carboxylic acid groups (broad SMARTS) is 1. The van der Waals surface area contributed by atoms with Gasteiger partial charge in [0.25, 0.3) is 0 Å². The van der Waals surface area contributed by atoms with Crippen molar-refractivity contribution in [2.45, 2.75) is 13.0 Å². The molecule has 0 aliphatic carbocycles. The molecule has 0 bridgehead atoms. The zero-order chi connectivity index (χ0) is 29.4. The third-order valence-electron chi connectivity index (χ3n) is 6.95. The number of fused-ring (bicyclic) bond motifs is 3. The highest BCUT2D eigenvalue weighted by molar-refractivity contribution is 6.17. The highest BCUT2D eigenvalue weighted by atomic mass is 16.5. The second kappa shape index (κ2) is 10.7. The maximum absolute atomic E-state index is 13.6.